The van der Waals surface area contributed by atoms with E-state index in [1.54, 1.807) is 4.90 Å². The Morgan fingerprint density at radius 3 is 2.41 bits per heavy atom. The van der Waals surface area contributed by atoms with E-state index in [0.29, 0.717) is 37.9 Å². The molecule has 1 unspecified atom stereocenters. The summed E-state index contributed by atoms with van der Waals surface area (Å²) in [6.45, 7) is 3.70. The normalized spacial score (nSPS) is 15.8. The number of non-ortho nitro benzene ring substituents is 1. The summed E-state index contributed by atoms with van der Waals surface area (Å²) in [6, 6.07) is 12.6. The van der Waals surface area contributed by atoms with Crippen molar-refractivity contribution in [2.45, 2.75) is 17.9 Å². The summed E-state index contributed by atoms with van der Waals surface area (Å²) in [5.41, 5.74) is 0.384. The maximum atomic E-state index is 13.0. The van der Waals surface area contributed by atoms with E-state index in [1.165, 1.54) is 6.07 Å². The number of rotatable bonds is 6. The first kappa shape index (κ1) is 23.5. The van der Waals surface area contributed by atoms with Crippen molar-refractivity contribution in [2.75, 3.05) is 32.4 Å². The molecule has 1 amide bonds. The summed E-state index contributed by atoms with van der Waals surface area (Å²) in [6.07, 6.45) is 0.946. The van der Waals surface area contributed by atoms with Crippen LogP contribution in [0.3, 0.4) is 0 Å². The van der Waals surface area contributed by atoms with Gasteiger partial charge in [-0.15, -0.1) is 0 Å². The van der Waals surface area contributed by atoms with Crippen LogP contribution in [0.5, 0.6) is 0 Å². The van der Waals surface area contributed by atoms with Gasteiger partial charge in [0.15, 0.2) is 9.84 Å². The number of nitro groups is 1. The Morgan fingerprint density at radius 1 is 1.12 bits per heavy atom. The highest BCUT2D eigenvalue weighted by Crippen LogP contribution is 2.25. The van der Waals surface area contributed by atoms with Crippen LogP contribution in [-0.4, -0.2) is 71.6 Å². The second-order valence-electron chi connectivity index (χ2n) is 8.07. The van der Waals surface area contributed by atoms with Gasteiger partial charge in [0.05, 0.1) is 15.9 Å². The molecular formula is C22H23N5O6S. The van der Waals surface area contributed by atoms with Gasteiger partial charge in [0.1, 0.15) is 0 Å². The van der Waals surface area contributed by atoms with E-state index >= 15 is 0 Å². The molecule has 2 aromatic carbocycles. The van der Waals surface area contributed by atoms with E-state index in [0.717, 1.165) is 24.0 Å². The van der Waals surface area contributed by atoms with Gasteiger partial charge in [-0.2, -0.15) is 4.98 Å². The first-order chi connectivity index (χ1) is 16.1. The molecule has 1 aromatic heterocycles. The van der Waals surface area contributed by atoms with Crippen molar-refractivity contribution in [3.63, 3.8) is 0 Å². The fourth-order valence-electron chi connectivity index (χ4n) is 3.79. The molecule has 1 fully saturated rings. The van der Waals surface area contributed by atoms with Crippen LogP contribution in [0.25, 0.3) is 11.4 Å². The van der Waals surface area contributed by atoms with Gasteiger partial charge < -0.3 is 9.42 Å². The molecule has 11 nitrogen and oxygen atoms in total. The molecule has 0 N–H and O–H groups in total. The maximum absolute atomic E-state index is 13.0. The monoisotopic (exact) mass is 485 g/mol. The lowest BCUT2D eigenvalue weighted by molar-refractivity contribution is -0.385. The second-order valence-corrected chi connectivity index (χ2v) is 10.1. The number of amides is 1. The van der Waals surface area contributed by atoms with Crippen LogP contribution in [0, 0.1) is 10.1 Å². The average molecular weight is 486 g/mol. The molecule has 34 heavy (non-hydrogen) atoms. The fourth-order valence-corrected chi connectivity index (χ4v) is 4.46. The largest absolute Gasteiger partial charge is 0.337 e. The molecule has 4 rings (SSSR count). The highest BCUT2D eigenvalue weighted by molar-refractivity contribution is 7.90. The third-order valence-electron chi connectivity index (χ3n) is 5.76. The number of benzene rings is 2. The molecule has 178 valence electrons. The number of aromatic nitrogens is 2. The fraction of sp³-hybridized carbons (Fsp3) is 0.318. The zero-order chi connectivity index (χ0) is 24.5. The van der Waals surface area contributed by atoms with Crippen molar-refractivity contribution < 1.29 is 22.7 Å². The van der Waals surface area contributed by atoms with Gasteiger partial charge in [0.25, 0.3) is 11.6 Å². The van der Waals surface area contributed by atoms with Gasteiger partial charge in [-0.05, 0) is 13.0 Å². The minimum Gasteiger partial charge on any atom is -0.337 e. The molecule has 0 bridgehead atoms. The Kier molecular flexibility index (Phi) is 6.44. The van der Waals surface area contributed by atoms with Crippen LogP contribution in [-0.2, 0) is 9.84 Å². The second kappa shape index (κ2) is 9.31. The van der Waals surface area contributed by atoms with Crippen molar-refractivity contribution in [3.05, 3.63) is 70.1 Å². The highest BCUT2D eigenvalue weighted by atomic mass is 32.2. The molecule has 3 aromatic rings. The summed E-state index contributed by atoms with van der Waals surface area (Å²) < 4.78 is 29.3. The zero-order valence-electron chi connectivity index (χ0n) is 18.6. The predicted molar refractivity (Wildman–Crippen MR) is 122 cm³/mol. The van der Waals surface area contributed by atoms with Crippen molar-refractivity contribution in [1.82, 2.24) is 19.9 Å². The number of nitro benzene ring substituents is 1. The summed E-state index contributed by atoms with van der Waals surface area (Å²) >= 11 is 0. The van der Waals surface area contributed by atoms with Crippen LogP contribution in [0.1, 0.15) is 29.2 Å². The first-order valence-corrected chi connectivity index (χ1v) is 12.4. The van der Waals surface area contributed by atoms with Crippen molar-refractivity contribution in [3.8, 4) is 11.4 Å². The van der Waals surface area contributed by atoms with Crippen molar-refractivity contribution in [1.29, 1.82) is 0 Å². The molecule has 0 spiro atoms. The Balaban J connectivity index is 1.45. The minimum absolute atomic E-state index is 0.0273. The van der Waals surface area contributed by atoms with E-state index in [1.807, 2.05) is 37.3 Å². The Bertz CT molecular complexity index is 1320. The quantitative estimate of drug-likeness (QED) is 0.380. The SMILES string of the molecule is CC(c1nc(-c2ccccc2)no1)N1CCN(C(=O)c2cc([N+](=O)[O-])cc(S(C)(=O)=O)c2)CC1. The van der Waals surface area contributed by atoms with Gasteiger partial charge in [0.2, 0.25) is 11.7 Å². The van der Waals surface area contributed by atoms with Crippen molar-refractivity contribution in [2.24, 2.45) is 0 Å². The van der Waals surface area contributed by atoms with Gasteiger partial charge >= 0.3 is 0 Å². The number of piperazine rings is 1. The van der Waals surface area contributed by atoms with Gasteiger partial charge in [-0.1, -0.05) is 35.5 Å². The third-order valence-corrected chi connectivity index (χ3v) is 6.85. The molecule has 1 saturated heterocycles. The molecule has 0 aliphatic carbocycles. The maximum Gasteiger partial charge on any atom is 0.271 e. The molecule has 1 atom stereocenters. The van der Waals surface area contributed by atoms with E-state index in [4.69, 9.17) is 4.52 Å². The number of carbonyl (C=O) groups is 1. The van der Waals surface area contributed by atoms with Crippen LogP contribution < -0.4 is 0 Å². The molecule has 12 heteroatoms. The third kappa shape index (κ3) is 4.97. The Morgan fingerprint density at radius 2 is 1.79 bits per heavy atom. The average Bonchev–Trinajstić information content (AvgIpc) is 3.33. The Labute approximate surface area is 196 Å². The van der Waals surface area contributed by atoms with E-state index in [2.05, 4.69) is 15.0 Å². The highest BCUT2D eigenvalue weighted by Gasteiger charge is 2.29. The number of hydrogen-bond donors (Lipinski definition) is 0. The number of carbonyl (C=O) groups excluding carboxylic acids is 1. The summed E-state index contributed by atoms with van der Waals surface area (Å²) in [4.78, 5) is 31.4. The van der Waals surface area contributed by atoms with Crippen LogP contribution in [0.2, 0.25) is 0 Å². The number of nitrogens with zero attached hydrogens (tertiary/aromatic N) is 5. The van der Waals surface area contributed by atoms with E-state index in [-0.39, 0.29) is 16.5 Å². The summed E-state index contributed by atoms with van der Waals surface area (Å²) in [5.74, 6) is 0.517. The number of hydrogen-bond acceptors (Lipinski definition) is 9. The zero-order valence-corrected chi connectivity index (χ0v) is 19.4. The topological polar surface area (TPSA) is 140 Å². The lowest BCUT2D eigenvalue weighted by Crippen LogP contribution is -2.49. The first-order valence-electron chi connectivity index (χ1n) is 10.6. The van der Waals surface area contributed by atoms with Crippen LogP contribution >= 0.6 is 0 Å². The van der Waals surface area contributed by atoms with Gasteiger partial charge in [0, 0.05) is 55.7 Å². The number of sulfone groups is 1. The lowest BCUT2D eigenvalue weighted by atomic mass is 10.1. The molecule has 2 heterocycles. The molecule has 0 saturated carbocycles. The van der Waals surface area contributed by atoms with E-state index < -0.39 is 26.4 Å². The molecular weight excluding hydrogens is 462 g/mol. The predicted octanol–water partition coefficient (Wildman–Crippen LogP) is 2.57. The van der Waals surface area contributed by atoms with E-state index in [9.17, 15) is 23.3 Å². The molecule has 0 radical (unpaired) electrons. The molecule has 1 aliphatic rings. The summed E-state index contributed by atoms with van der Waals surface area (Å²) in [7, 11) is -3.72. The standard InChI is InChI=1S/C22H23N5O6S/c1-15(21-23-20(24-33-21)16-6-4-3-5-7-16)25-8-10-26(11-9-25)22(28)17-12-18(27(29)30)14-19(13-17)34(2,31)32/h3-7,12-15H,8-11H2,1-2H3. The van der Waals surface area contributed by atoms with Crippen LogP contribution in [0.4, 0.5) is 5.69 Å². The summed E-state index contributed by atoms with van der Waals surface area (Å²) in [5, 5.41) is 15.3. The Hall–Kier alpha value is -3.64. The smallest absolute Gasteiger partial charge is 0.271 e. The van der Waals surface area contributed by atoms with Crippen LogP contribution in [0.15, 0.2) is 57.9 Å². The molecule has 1 aliphatic heterocycles. The van der Waals surface area contributed by atoms with Gasteiger partial charge in [-0.3, -0.25) is 19.8 Å². The van der Waals surface area contributed by atoms with Gasteiger partial charge in [-0.25, -0.2) is 8.42 Å². The lowest BCUT2D eigenvalue weighted by Gasteiger charge is -2.36. The minimum atomic E-state index is -3.72. The van der Waals surface area contributed by atoms with Crippen molar-refractivity contribution >= 4 is 21.4 Å².